The van der Waals surface area contributed by atoms with Crippen LogP contribution < -0.4 is 5.11 Å². The Balaban J connectivity index is 3.99. The highest BCUT2D eigenvalue weighted by Crippen LogP contribution is 1.93. The number of rotatable bonds is 3. The molecule has 0 aliphatic carbocycles. The van der Waals surface area contributed by atoms with Crippen molar-refractivity contribution in [2.75, 3.05) is 21.1 Å². The molecule has 0 saturated heterocycles. The van der Waals surface area contributed by atoms with Gasteiger partial charge in [-0.1, -0.05) is 0 Å². The topological polar surface area (TPSA) is 66.4 Å². The zero-order valence-corrected chi connectivity index (χ0v) is 7.23. The molecule has 5 heteroatoms. The Morgan fingerprint density at radius 2 is 1.75 bits per heavy atom. The van der Waals surface area contributed by atoms with Gasteiger partial charge in [0.2, 0.25) is 0 Å². The van der Waals surface area contributed by atoms with Gasteiger partial charge < -0.3 is 9.90 Å². The van der Waals surface area contributed by atoms with Gasteiger partial charge in [0.25, 0.3) is 0 Å². The molecule has 0 aromatic heterocycles. The summed E-state index contributed by atoms with van der Waals surface area (Å²) >= 11 is 0. The first-order valence-electron chi connectivity index (χ1n) is 3.25. The van der Waals surface area contributed by atoms with Crippen molar-refractivity contribution in [2.45, 2.75) is 0 Å². The van der Waals surface area contributed by atoms with Crippen molar-refractivity contribution in [1.29, 1.82) is 0 Å². The van der Waals surface area contributed by atoms with Crippen LogP contribution in [0, 0.1) is 0 Å². The smallest absolute Gasteiger partial charge is 0.390 e. The minimum absolute atomic E-state index is 0.0176. The number of aliphatic carboxylic acids is 1. The lowest BCUT2D eigenvalue weighted by atomic mass is 10.5. The average Bonchev–Trinajstić information content (AvgIpc) is 1.79. The van der Waals surface area contributed by atoms with Crippen LogP contribution in [0.15, 0.2) is 12.2 Å². The third kappa shape index (κ3) is 6.76. The summed E-state index contributed by atoms with van der Waals surface area (Å²) in [5.41, 5.74) is 0. The van der Waals surface area contributed by atoms with E-state index in [9.17, 15) is 14.7 Å². The number of carboxylic acids is 1. The highest BCUT2D eigenvalue weighted by Gasteiger charge is 2.12. The fourth-order valence-corrected chi connectivity index (χ4v) is 0.436. The lowest BCUT2D eigenvalue weighted by molar-refractivity contribution is -1.04. The van der Waals surface area contributed by atoms with E-state index in [1.165, 1.54) is 0 Å². The summed E-state index contributed by atoms with van der Waals surface area (Å²) in [7, 11) is 4.89. The summed E-state index contributed by atoms with van der Waals surface area (Å²) in [6.45, 7) is 0. The second kappa shape index (κ2) is 3.87. The maximum atomic E-state index is 10.7. The van der Waals surface area contributed by atoms with Gasteiger partial charge in [0.15, 0.2) is 0 Å². The molecule has 0 aromatic rings. The van der Waals surface area contributed by atoms with E-state index >= 15 is 0 Å². The van der Waals surface area contributed by atoms with Crippen LogP contribution in [0.1, 0.15) is 0 Å². The van der Waals surface area contributed by atoms with E-state index in [0.717, 1.165) is 6.08 Å². The molecule has 0 atom stereocenters. The molecule has 0 amide bonds. The molecule has 0 aliphatic rings. The standard InChI is InChI=1S/C7H11NO4/c1-8(2,3)12-7(11)5-4-6(9)10/h4-5H,1-3H3/b5-4+. The molecule has 0 bridgehead atoms. The molecule has 0 N–H and O–H groups in total. The quantitative estimate of drug-likeness (QED) is 0.294. The van der Waals surface area contributed by atoms with Crippen molar-refractivity contribution in [3.05, 3.63) is 12.2 Å². The highest BCUT2D eigenvalue weighted by molar-refractivity contribution is 5.89. The maximum Gasteiger partial charge on any atom is 0.390 e. The van der Waals surface area contributed by atoms with Crippen LogP contribution in [-0.2, 0) is 14.4 Å². The van der Waals surface area contributed by atoms with Gasteiger partial charge >= 0.3 is 5.97 Å². The van der Waals surface area contributed by atoms with Gasteiger partial charge in [0, 0.05) is 6.08 Å². The fourth-order valence-electron chi connectivity index (χ4n) is 0.436. The van der Waals surface area contributed by atoms with Crippen molar-refractivity contribution in [2.24, 2.45) is 0 Å². The third-order valence-corrected chi connectivity index (χ3v) is 0.719. The summed E-state index contributed by atoms with van der Waals surface area (Å²) in [6.07, 6.45) is 1.43. The lowest BCUT2D eigenvalue weighted by Crippen LogP contribution is -2.36. The molecule has 0 aromatic carbocycles. The van der Waals surface area contributed by atoms with Crippen LogP contribution >= 0.6 is 0 Å². The predicted octanol–water partition coefficient (Wildman–Crippen LogP) is -1.54. The Bertz CT molecular complexity index is 214. The Kier molecular flexibility index (Phi) is 3.43. The van der Waals surface area contributed by atoms with Gasteiger partial charge in [-0.3, -0.25) is 4.84 Å². The van der Waals surface area contributed by atoms with Gasteiger partial charge in [-0.05, 0) is 6.08 Å². The molecule has 0 heterocycles. The zero-order valence-electron chi connectivity index (χ0n) is 7.23. The zero-order chi connectivity index (χ0) is 9.78. The first-order chi connectivity index (χ1) is 5.31. The number of hydroxylamine groups is 3. The van der Waals surface area contributed by atoms with Crippen LogP contribution in [-0.4, -0.2) is 37.7 Å². The molecule has 0 spiro atoms. The first kappa shape index (κ1) is 10.6. The molecular weight excluding hydrogens is 162 g/mol. The fraction of sp³-hybridized carbons (Fsp3) is 0.429. The molecule has 12 heavy (non-hydrogen) atoms. The van der Waals surface area contributed by atoms with Crippen LogP contribution in [0.25, 0.3) is 0 Å². The summed E-state index contributed by atoms with van der Waals surface area (Å²) in [6, 6.07) is 0. The van der Waals surface area contributed by atoms with Crippen molar-refractivity contribution >= 4 is 11.9 Å². The summed E-state index contributed by atoms with van der Waals surface area (Å²) < 4.78 is -0.0176. The number of nitrogens with zero attached hydrogens (tertiary/aromatic N) is 1. The number of hydrogen-bond acceptors (Lipinski definition) is 4. The monoisotopic (exact) mass is 173 g/mol. The molecule has 0 saturated carbocycles. The van der Waals surface area contributed by atoms with Gasteiger partial charge in [0.1, 0.15) is 21.1 Å². The summed E-state index contributed by atoms with van der Waals surface area (Å²) in [5, 5.41) is 9.86. The van der Waals surface area contributed by atoms with Crippen LogP contribution in [0.3, 0.4) is 0 Å². The lowest BCUT2D eigenvalue weighted by Gasteiger charge is -2.19. The van der Waals surface area contributed by atoms with Crippen LogP contribution in [0.2, 0.25) is 0 Å². The molecule has 5 nitrogen and oxygen atoms in total. The van der Waals surface area contributed by atoms with E-state index in [2.05, 4.69) is 0 Å². The van der Waals surface area contributed by atoms with E-state index in [1.807, 2.05) is 0 Å². The number of quaternary nitrogens is 1. The molecule has 0 aliphatic heterocycles. The largest absolute Gasteiger partial charge is 0.545 e. The SMILES string of the molecule is C[N+](C)(C)OC(=O)/C=C/C(=O)[O-]. The maximum absolute atomic E-state index is 10.7. The normalized spacial score (nSPS) is 11.6. The van der Waals surface area contributed by atoms with Crippen molar-refractivity contribution in [3.63, 3.8) is 0 Å². The first-order valence-corrected chi connectivity index (χ1v) is 3.25. The van der Waals surface area contributed by atoms with E-state index < -0.39 is 11.9 Å². The third-order valence-electron chi connectivity index (χ3n) is 0.719. The van der Waals surface area contributed by atoms with E-state index in [-0.39, 0.29) is 4.65 Å². The highest BCUT2D eigenvalue weighted by atomic mass is 16.7. The number of carbonyl (C=O) groups is 2. The minimum atomic E-state index is -1.42. The van der Waals surface area contributed by atoms with E-state index in [1.54, 1.807) is 21.1 Å². The van der Waals surface area contributed by atoms with Crippen molar-refractivity contribution in [3.8, 4) is 0 Å². The number of hydrogen-bond donors (Lipinski definition) is 0. The predicted molar refractivity (Wildman–Crippen MR) is 38.3 cm³/mol. The minimum Gasteiger partial charge on any atom is -0.545 e. The second-order valence-electron chi connectivity index (χ2n) is 2.95. The Hall–Kier alpha value is -1.36. The summed E-state index contributed by atoms with van der Waals surface area (Å²) in [5.74, 6) is -2.14. The number of carboxylic acid groups (broad SMARTS) is 1. The van der Waals surface area contributed by atoms with E-state index in [0.29, 0.717) is 6.08 Å². The van der Waals surface area contributed by atoms with Gasteiger partial charge in [-0.25, -0.2) is 4.79 Å². The Morgan fingerprint density at radius 3 is 2.08 bits per heavy atom. The summed E-state index contributed by atoms with van der Waals surface area (Å²) in [4.78, 5) is 25.3. The second-order valence-corrected chi connectivity index (χ2v) is 2.95. The molecule has 0 radical (unpaired) electrons. The van der Waals surface area contributed by atoms with Crippen molar-refractivity contribution in [1.82, 2.24) is 0 Å². The molecule has 0 unspecified atom stereocenters. The molecule has 68 valence electrons. The van der Waals surface area contributed by atoms with E-state index in [4.69, 9.17) is 4.84 Å². The molecular formula is C7H11NO4. The van der Waals surface area contributed by atoms with Crippen molar-refractivity contribution < 1.29 is 24.2 Å². The Labute approximate surface area is 70.4 Å². The van der Waals surface area contributed by atoms with Crippen LogP contribution in [0.5, 0.6) is 0 Å². The Morgan fingerprint density at radius 1 is 1.25 bits per heavy atom. The van der Waals surface area contributed by atoms with Crippen LogP contribution in [0.4, 0.5) is 0 Å². The average molecular weight is 173 g/mol. The molecule has 0 rings (SSSR count). The van der Waals surface area contributed by atoms with Gasteiger partial charge in [-0.2, -0.15) is 0 Å². The van der Waals surface area contributed by atoms with Gasteiger partial charge in [-0.15, -0.1) is 4.65 Å². The molecule has 0 fully saturated rings. The van der Waals surface area contributed by atoms with Gasteiger partial charge in [0.05, 0.1) is 5.97 Å². The number of carbonyl (C=O) groups excluding carboxylic acids is 2.